The van der Waals surface area contributed by atoms with Crippen molar-refractivity contribution < 1.29 is 13.5 Å². The van der Waals surface area contributed by atoms with Crippen molar-refractivity contribution in [3.63, 3.8) is 0 Å². The summed E-state index contributed by atoms with van der Waals surface area (Å²) in [6.45, 7) is 1.06. The summed E-state index contributed by atoms with van der Waals surface area (Å²) >= 11 is 3.48. The molecule has 0 atom stereocenters. The van der Waals surface area contributed by atoms with E-state index in [0.717, 1.165) is 21.3 Å². The van der Waals surface area contributed by atoms with Crippen LogP contribution in [0.3, 0.4) is 0 Å². The highest BCUT2D eigenvalue weighted by molar-refractivity contribution is 9.10. The highest BCUT2D eigenvalue weighted by atomic mass is 79.9. The lowest BCUT2D eigenvalue weighted by molar-refractivity contribution is -0.0930. The highest BCUT2D eigenvalue weighted by Crippen LogP contribution is 2.37. The molecule has 0 radical (unpaired) electrons. The summed E-state index contributed by atoms with van der Waals surface area (Å²) < 4.78 is 32.4. The SMILES string of the molecule is FC1(F)CC(NCc2ccc(Br)c(OCc3ccccc3)c2)C1. The van der Waals surface area contributed by atoms with Crippen LogP contribution in [0, 0.1) is 0 Å². The Hall–Kier alpha value is -1.46. The molecule has 0 saturated heterocycles. The topological polar surface area (TPSA) is 21.3 Å². The van der Waals surface area contributed by atoms with Gasteiger partial charge in [-0.05, 0) is 39.2 Å². The van der Waals surface area contributed by atoms with Crippen molar-refractivity contribution in [1.82, 2.24) is 5.32 Å². The molecule has 2 aromatic carbocycles. The third kappa shape index (κ3) is 4.52. The van der Waals surface area contributed by atoms with Gasteiger partial charge < -0.3 is 10.1 Å². The summed E-state index contributed by atoms with van der Waals surface area (Å²) in [5, 5.41) is 3.16. The molecular formula is C18H18BrF2NO. The Kier molecular flexibility index (Phi) is 4.97. The number of ether oxygens (including phenoxy) is 1. The maximum absolute atomic E-state index is 12.8. The van der Waals surface area contributed by atoms with Crippen molar-refractivity contribution in [3.8, 4) is 5.75 Å². The number of halogens is 3. The van der Waals surface area contributed by atoms with Gasteiger partial charge in [-0.1, -0.05) is 36.4 Å². The summed E-state index contributed by atoms with van der Waals surface area (Å²) in [7, 11) is 0. The zero-order chi connectivity index (χ0) is 16.3. The van der Waals surface area contributed by atoms with Crippen LogP contribution in [0.4, 0.5) is 8.78 Å². The molecule has 3 rings (SSSR count). The van der Waals surface area contributed by atoms with E-state index in [1.54, 1.807) is 0 Å². The standard InChI is InChI=1S/C18H18BrF2NO/c19-16-7-6-14(11-22-15-9-18(20,21)10-15)8-17(16)23-12-13-4-2-1-3-5-13/h1-8,15,22H,9-12H2. The van der Waals surface area contributed by atoms with Crippen molar-refractivity contribution in [2.24, 2.45) is 0 Å². The minimum atomic E-state index is -2.48. The Morgan fingerprint density at radius 1 is 1.09 bits per heavy atom. The first kappa shape index (κ1) is 16.4. The lowest BCUT2D eigenvalue weighted by Gasteiger charge is -2.35. The largest absolute Gasteiger partial charge is 0.488 e. The monoisotopic (exact) mass is 381 g/mol. The van der Waals surface area contributed by atoms with Crippen molar-refractivity contribution in [1.29, 1.82) is 0 Å². The van der Waals surface area contributed by atoms with Gasteiger partial charge in [0, 0.05) is 25.4 Å². The van der Waals surface area contributed by atoms with Gasteiger partial charge in [0.25, 0.3) is 5.92 Å². The van der Waals surface area contributed by atoms with Gasteiger partial charge in [-0.25, -0.2) is 8.78 Å². The van der Waals surface area contributed by atoms with E-state index in [1.807, 2.05) is 48.5 Å². The maximum atomic E-state index is 12.8. The lowest BCUT2D eigenvalue weighted by atomic mass is 9.88. The second kappa shape index (κ2) is 6.97. The Morgan fingerprint density at radius 2 is 1.83 bits per heavy atom. The minimum Gasteiger partial charge on any atom is -0.488 e. The smallest absolute Gasteiger partial charge is 0.251 e. The van der Waals surface area contributed by atoms with Crippen molar-refractivity contribution in [3.05, 3.63) is 64.1 Å². The molecule has 1 fully saturated rings. The van der Waals surface area contributed by atoms with E-state index >= 15 is 0 Å². The molecule has 5 heteroatoms. The summed E-state index contributed by atoms with van der Waals surface area (Å²) in [4.78, 5) is 0. The van der Waals surface area contributed by atoms with Crippen LogP contribution in [0.25, 0.3) is 0 Å². The highest BCUT2D eigenvalue weighted by Gasteiger charge is 2.44. The molecule has 0 aromatic heterocycles. The van der Waals surface area contributed by atoms with Crippen molar-refractivity contribution in [2.75, 3.05) is 0 Å². The Bertz CT molecular complexity index is 655. The van der Waals surface area contributed by atoms with E-state index in [1.165, 1.54) is 0 Å². The zero-order valence-electron chi connectivity index (χ0n) is 12.6. The van der Waals surface area contributed by atoms with E-state index in [-0.39, 0.29) is 18.9 Å². The first-order valence-electron chi connectivity index (χ1n) is 7.58. The molecule has 1 N–H and O–H groups in total. The first-order valence-corrected chi connectivity index (χ1v) is 8.37. The van der Waals surface area contributed by atoms with Crippen LogP contribution in [0.2, 0.25) is 0 Å². The number of hydrogen-bond acceptors (Lipinski definition) is 2. The zero-order valence-corrected chi connectivity index (χ0v) is 14.2. The van der Waals surface area contributed by atoms with Crippen LogP contribution in [0.15, 0.2) is 53.0 Å². The van der Waals surface area contributed by atoms with E-state index in [9.17, 15) is 8.78 Å². The van der Waals surface area contributed by atoms with Gasteiger partial charge in [-0.3, -0.25) is 0 Å². The quantitative estimate of drug-likeness (QED) is 0.766. The second-order valence-corrected chi connectivity index (χ2v) is 6.74. The minimum absolute atomic E-state index is 0.0686. The third-order valence-electron chi connectivity index (χ3n) is 3.92. The van der Waals surface area contributed by atoms with Crippen LogP contribution in [0.5, 0.6) is 5.75 Å². The summed E-state index contributed by atoms with van der Waals surface area (Å²) in [6, 6.07) is 15.7. The maximum Gasteiger partial charge on any atom is 0.251 e. The average molecular weight is 382 g/mol. The van der Waals surface area contributed by atoms with Crippen LogP contribution < -0.4 is 10.1 Å². The predicted molar refractivity (Wildman–Crippen MR) is 89.7 cm³/mol. The molecule has 23 heavy (non-hydrogen) atoms. The van der Waals surface area contributed by atoms with Crippen LogP contribution in [-0.4, -0.2) is 12.0 Å². The normalized spacial score (nSPS) is 16.8. The van der Waals surface area contributed by atoms with E-state index in [0.29, 0.717) is 13.2 Å². The van der Waals surface area contributed by atoms with Gasteiger partial charge in [0.2, 0.25) is 0 Å². The number of hydrogen-bond donors (Lipinski definition) is 1. The molecule has 1 aliphatic rings. The molecule has 0 aliphatic heterocycles. The fraction of sp³-hybridized carbons (Fsp3) is 0.333. The van der Waals surface area contributed by atoms with Crippen LogP contribution in [0.1, 0.15) is 24.0 Å². The molecule has 0 heterocycles. The molecule has 0 unspecified atom stereocenters. The molecule has 2 nitrogen and oxygen atoms in total. The molecule has 0 amide bonds. The number of nitrogens with one attached hydrogen (secondary N) is 1. The van der Waals surface area contributed by atoms with Crippen molar-refractivity contribution in [2.45, 2.75) is 38.0 Å². The van der Waals surface area contributed by atoms with Gasteiger partial charge >= 0.3 is 0 Å². The number of benzene rings is 2. The lowest BCUT2D eigenvalue weighted by Crippen LogP contribution is -2.48. The molecule has 1 saturated carbocycles. The molecule has 0 bridgehead atoms. The van der Waals surface area contributed by atoms with Crippen LogP contribution in [-0.2, 0) is 13.2 Å². The molecule has 1 aliphatic carbocycles. The molecule has 122 valence electrons. The summed E-state index contributed by atoms with van der Waals surface area (Å²) in [5.74, 6) is -1.73. The third-order valence-corrected chi connectivity index (χ3v) is 4.57. The first-order chi connectivity index (χ1) is 11.0. The van der Waals surface area contributed by atoms with E-state index in [2.05, 4.69) is 21.2 Å². The average Bonchev–Trinajstić information content (AvgIpc) is 2.52. The number of alkyl halides is 2. The molecular weight excluding hydrogens is 364 g/mol. The van der Waals surface area contributed by atoms with Crippen LogP contribution >= 0.6 is 15.9 Å². The predicted octanol–water partition coefficient (Wildman–Crippen LogP) is 4.92. The van der Waals surface area contributed by atoms with Crippen molar-refractivity contribution >= 4 is 15.9 Å². The Balaban J connectivity index is 1.56. The second-order valence-electron chi connectivity index (χ2n) is 5.88. The van der Waals surface area contributed by atoms with E-state index < -0.39 is 5.92 Å². The van der Waals surface area contributed by atoms with Gasteiger partial charge in [0.15, 0.2) is 0 Å². The fourth-order valence-electron chi connectivity index (χ4n) is 2.57. The Labute approximate surface area is 143 Å². The van der Waals surface area contributed by atoms with Gasteiger partial charge in [-0.15, -0.1) is 0 Å². The summed E-state index contributed by atoms with van der Waals surface area (Å²) in [6.07, 6.45) is -0.137. The molecule has 0 spiro atoms. The van der Waals surface area contributed by atoms with Gasteiger partial charge in [0.1, 0.15) is 12.4 Å². The number of rotatable bonds is 6. The Morgan fingerprint density at radius 3 is 2.52 bits per heavy atom. The molecule has 2 aromatic rings. The van der Waals surface area contributed by atoms with E-state index in [4.69, 9.17) is 4.74 Å². The van der Waals surface area contributed by atoms with Gasteiger partial charge in [-0.2, -0.15) is 0 Å². The van der Waals surface area contributed by atoms with Gasteiger partial charge in [0.05, 0.1) is 4.47 Å². The summed E-state index contributed by atoms with van der Waals surface area (Å²) in [5.41, 5.74) is 2.12. The fourth-order valence-corrected chi connectivity index (χ4v) is 2.93.